The van der Waals surface area contributed by atoms with Crippen LogP contribution in [0.5, 0.6) is 5.75 Å². The normalized spacial score (nSPS) is 23.9. The lowest BCUT2D eigenvalue weighted by Gasteiger charge is -2.34. The second-order valence-corrected chi connectivity index (χ2v) is 5.45. The van der Waals surface area contributed by atoms with Gasteiger partial charge in [-0.25, -0.2) is 0 Å². The molecule has 0 radical (unpaired) electrons. The Bertz CT molecular complexity index is 403. The second-order valence-electron chi connectivity index (χ2n) is 5.04. The van der Waals surface area contributed by atoms with Crippen molar-refractivity contribution in [3.63, 3.8) is 0 Å². The van der Waals surface area contributed by atoms with E-state index in [2.05, 4.69) is 12.2 Å². The summed E-state index contributed by atoms with van der Waals surface area (Å²) in [5.74, 6) is 0.715. The molecule has 3 nitrogen and oxygen atoms in total. The molecule has 1 aliphatic heterocycles. The Balaban J connectivity index is 1.95. The molecule has 1 atom stereocenters. The summed E-state index contributed by atoms with van der Waals surface area (Å²) in [6.07, 6.45) is 2.27. The van der Waals surface area contributed by atoms with Gasteiger partial charge in [0.15, 0.2) is 0 Å². The molecule has 1 aromatic rings. The third-order valence-electron chi connectivity index (χ3n) is 3.37. The summed E-state index contributed by atoms with van der Waals surface area (Å²) in [6.45, 7) is 4.66. The highest BCUT2D eigenvalue weighted by atomic mass is 35.5. The molecule has 1 heterocycles. The quantitative estimate of drug-likeness (QED) is 0.912. The minimum atomic E-state index is 0.0741. The molecule has 1 unspecified atom stereocenters. The van der Waals surface area contributed by atoms with Crippen molar-refractivity contribution in [1.29, 1.82) is 0 Å². The Labute approximate surface area is 113 Å². The standard InChI is InChI=1S/C14H20ClNO2/c1-14(6-3-7-18-10-14)16-9-11-4-5-13(17-2)12(15)8-11/h4-5,8,16H,3,6-7,9-10H2,1-2H3. The van der Waals surface area contributed by atoms with Gasteiger partial charge in [0, 0.05) is 18.7 Å². The second kappa shape index (κ2) is 5.91. The Morgan fingerprint density at radius 1 is 1.50 bits per heavy atom. The van der Waals surface area contributed by atoms with Gasteiger partial charge in [-0.3, -0.25) is 0 Å². The van der Waals surface area contributed by atoms with Crippen LogP contribution in [-0.2, 0) is 11.3 Å². The zero-order valence-electron chi connectivity index (χ0n) is 11.0. The van der Waals surface area contributed by atoms with Gasteiger partial charge in [-0.2, -0.15) is 0 Å². The molecular weight excluding hydrogens is 250 g/mol. The van der Waals surface area contributed by atoms with Gasteiger partial charge in [0.2, 0.25) is 0 Å². The van der Waals surface area contributed by atoms with Crippen molar-refractivity contribution in [3.8, 4) is 5.75 Å². The van der Waals surface area contributed by atoms with E-state index in [4.69, 9.17) is 21.1 Å². The Morgan fingerprint density at radius 2 is 2.33 bits per heavy atom. The summed E-state index contributed by atoms with van der Waals surface area (Å²) in [5, 5.41) is 4.21. The zero-order valence-corrected chi connectivity index (χ0v) is 11.7. The summed E-state index contributed by atoms with van der Waals surface area (Å²) < 4.78 is 10.7. The molecule has 0 saturated carbocycles. The predicted octanol–water partition coefficient (Wildman–Crippen LogP) is 3.01. The van der Waals surface area contributed by atoms with E-state index in [0.29, 0.717) is 10.8 Å². The maximum atomic E-state index is 6.11. The summed E-state index contributed by atoms with van der Waals surface area (Å²) >= 11 is 6.11. The first-order valence-corrected chi connectivity index (χ1v) is 6.66. The molecule has 0 aromatic heterocycles. The van der Waals surface area contributed by atoms with Crippen molar-refractivity contribution in [2.24, 2.45) is 0 Å². The summed E-state index contributed by atoms with van der Waals surface area (Å²) in [4.78, 5) is 0. The molecule has 0 aliphatic carbocycles. The fourth-order valence-electron chi connectivity index (χ4n) is 2.21. The van der Waals surface area contributed by atoms with Gasteiger partial charge in [0.25, 0.3) is 0 Å². The molecule has 0 amide bonds. The molecular formula is C14H20ClNO2. The molecule has 1 aromatic carbocycles. The van der Waals surface area contributed by atoms with E-state index < -0.39 is 0 Å². The number of methoxy groups -OCH3 is 1. The maximum Gasteiger partial charge on any atom is 0.137 e. The van der Waals surface area contributed by atoms with E-state index in [1.807, 2.05) is 18.2 Å². The van der Waals surface area contributed by atoms with Crippen LogP contribution in [0.3, 0.4) is 0 Å². The Morgan fingerprint density at radius 3 is 2.94 bits per heavy atom. The van der Waals surface area contributed by atoms with E-state index in [1.165, 1.54) is 0 Å². The topological polar surface area (TPSA) is 30.5 Å². The van der Waals surface area contributed by atoms with E-state index in [0.717, 1.165) is 38.2 Å². The minimum Gasteiger partial charge on any atom is -0.495 e. The van der Waals surface area contributed by atoms with Gasteiger partial charge >= 0.3 is 0 Å². The number of ether oxygens (including phenoxy) is 2. The van der Waals surface area contributed by atoms with Crippen molar-refractivity contribution < 1.29 is 9.47 Å². The molecule has 1 fully saturated rings. The lowest BCUT2D eigenvalue weighted by atomic mass is 9.94. The first kappa shape index (κ1) is 13.7. The maximum absolute atomic E-state index is 6.11. The van der Waals surface area contributed by atoms with Crippen LogP contribution in [0.1, 0.15) is 25.3 Å². The number of hydrogen-bond acceptors (Lipinski definition) is 3. The van der Waals surface area contributed by atoms with Crippen LogP contribution in [0.4, 0.5) is 0 Å². The van der Waals surface area contributed by atoms with Gasteiger partial charge in [0.1, 0.15) is 5.75 Å². The van der Waals surface area contributed by atoms with Gasteiger partial charge in [-0.15, -0.1) is 0 Å². The van der Waals surface area contributed by atoms with Crippen LogP contribution in [0, 0.1) is 0 Å². The van der Waals surface area contributed by atoms with Crippen LogP contribution in [-0.4, -0.2) is 25.9 Å². The monoisotopic (exact) mass is 269 g/mol. The lowest BCUT2D eigenvalue weighted by molar-refractivity contribution is 0.0278. The SMILES string of the molecule is COc1ccc(CNC2(C)CCCOC2)cc1Cl. The highest BCUT2D eigenvalue weighted by molar-refractivity contribution is 6.32. The van der Waals surface area contributed by atoms with Crippen LogP contribution in [0.2, 0.25) is 5.02 Å². The molecule has 4 heteroatoms. The zero-order chi connectivity index (χ0) is 13.0. The molecule has 1 N–H and O–H groups in total. The smallest absolute Gasteiger partial charge is 0.137 e. The summed E-state index contributed by atoms with van der Waals surface area (Å²) in [5.41, 5.74) is 1.23. The predicted molar refractivity (Wildman–Crippen MR) is 73.3 cm³/mol. The van der Waals surface area contributed by atoms with Crippen LogP contribution in [0.25, 0.3) is 0 Å². The van der Waals surface area contributed by atoms with Crippen molar-refractivity contribution in [2.75, 3.05) is 20.3 Å². The van der Waals surface area contributed by atoms with Gasteiger partial charge < -0.3 is 14.8 Å². The molecule has 0 spiro atoms. The fourth-order valence-corrected chi connectivity index (χ4v) is 2.49. The van der Waals surface area contributed by atoms with Crippen molar-refractivity contribution in [3.05, 3.63) is 28.8 Å². The summed E-state index contributed by atoms with van der Waals surface area (Å²) in [6, 6.07) is 5.88. The third kappa shape index (κ3) is 3.37. The largest absolute Gasteiger partial charge is 0.495 e. The average Bonchev–Trinajstić information content (AvgIpc) is 2.38. The third-order valence-corrected chi connectivity index (χ3v) is 3.67. The molecule has 1 aliphatic rings. The number of nitrogens with one attached hydrogen (secondary N) is 1. The fraction of sp³-hybridized carbons (Fsp3) is 0.571. The highest BCUT2D eigenvalue weighted by Gasteiger charge is 2.26. The molecule has 1 saturated heterocycles. The molecule has 18 heavy (non-hydrogen) atoms. The van der Waals surface area contributed by atoms with Gasteiger partial charge in [-0.05, 0) is 37.5 Å². The molecule has 2 rings (SSSR count). The average molecular weight is 270 g/mol. The van der Waals surface area contributed by atoms with E-state index >= 15 is 0 Å². The van der Waals surface area contributed by atoms with Crippen LogP contribution in [0.15, 0.2) is 18.2 Å². The Hall–Kier alpha value is -0.770. The van der Waals surface area contributed by atoms with E-state index in [1.54, 1.807) is 7.11 Å². The van der Waals surface area contributed by atoms with Crippen LogP contribution >= 0.6 is 11.6 Å². The van der Waals surface area contributed by atoms with Gasteiger partial charge in [0.05, 0.1) is 18.7 Å². The number of halogens is 1. The van der Waals surface area contributed by atoms with Crippen molar-refractivity contribution in [2.45, 2.75) is 31.8 Å². The minimum absolute atomic E-state index is 0.0741. The van der Waals surface area contributed by atoms with Crippen LogP contribution < -0.4 is 10.1 Å². The highest BCUT2D eigenvalue weighted by Crippen LogP contribution is 2.25. The summed E-state index contributed by atoms with van der Waals surface area (Å²) in [7, 11) is 1.62. The van der Waals surface area contributed by atoms with E-state index in [9.17, 15) is 0 Å². The first-order chi connectivity index (χ1) is 8.63. The van der Waals surface area contributed by atoms with Gasteiger partial charge in [-0.1, -0.05) is 17.7 Å². The number of benzene rings is 1. The first-order valence-electron chi connectivity index (χ1n) is 6.28. The molecule has 0 bridgehead atoms. The Kier molecular flexibility index (Phi) is 4.49. The number of hydrogen-bond donors (Lipinski definition) is 1. The van der Waals surface area contributed by atoms with Crippen molar-refractivity contribution >= 4 is 11.6 Å². The number of rotatable bonds is 4. The lowest BCUT2D eigenvalue weighted by Crippen LogP contribution is -2.48. The molecule has 100 valence electrons. The van der Waals surface area contributed by atoms with Crippen molar-refractivity contribution in [1.82, 2.24) is 5.32 Å². The van der Waals surface area contributed by atoms with E-state index in [-0.39, 0.29) is 5.54 Å².